The summed E-state index contributed by atoms with van der Waals surface area (Å²) < 4.78 is 21.2. The normalized spacial score (nSPS) is 11.5. The van der Waals surface area contributed by atoms with Crippen molar-refractivity contribution in [3.05, 3.63) is 30.3 Å². The van der Waals surface area contributed by atoms with Gasteiger partial charge in [0.25, 0.3) is 0 Å². The molecule has 0 bridgehead atoms. The summed E-state index contributed by atoms with van der Waals surface area (Å²) in [6.45, 7) is 0. The van der Waals surface area contributed by atoms with Gasteiger partial charge in [-0.3, -0.25) is 0 Å². The van der Waals surface area contributed by atoms with Gasteiger partial charge in [0, 0.05) is 10.6 Å². The zero-order valence-electron chi connectivity index (χ0n) is 7.01. The van der Waals surface area contributed by atoms with Gasteiger partial charge in [0.2, 0.25) is 10.0 Å². The lowest BCUT2D eigenvalue weighted by atomic mass is 10.4. The molecule has 0 spiro atoms. The van der Waals surface area contributed by atoms with Crippen molar-refractivity contribution in [1.82, 2.24) is 0 Å². The Kier molecular flexibility index (Phi) is 3.77. The second-order valence-electron chi connectivity index (χ2n) is 2.53. The third kappa shape index (κ3) is 4.92. The average molecular weight is 217 g/mol. The van der Waals surface area contributed by atoms with Crippen molar-refractivity contribution in [2.75, 3.05) is 11.5 Å². The van der Waals surface area contributed by atoms with E-state index in [1.165, 1.54) is 11.8 Å². The van der Waals surface area contributed by atoms with Gasteiger partial charge in [-0.2, -0.15) is 0 Å². The second kappa shape index (κ2) is 4.64. The van der Waals surface area contributed by atoms with E-state index in [0.717, 1.165) is 4.90 Å². The fraction of sp³-hybridized carbons (Fsp3) is 0.250. The Bertz CT molecular complexity index is 348. The quantitative estimate of drug-likeness (QED) is 0.767. The Morgan fingerprint density at radius 3 is 2.38 bits per heavy atom. The Hall–Kier alpha value is -0.520. The maximum Gasteiger partial charge on any atom is 0.209 e. The van der Waals surface area contributed by atoms with Crippen molar-refractivity contribution in [3.8, 4) is 0 Å². The minimum atomic E-state index is -3.32. The van der Waals surface area contributed by atoms with Crippen LogP contribution in [0.5, 0.6) is 0 Å². The number of sulfonamides is 1. The van der Waals surface area contributed by atoms with Crippen molar-refractivity contribution in [3.63, 3.8) is 0 Å². The van der Waals surface area contributed by atoms with Gasteiger partial charge in [0.1, 0.15) is 0 Å². The lowest BCUT2D eigenvalue weighted by Gasteiger charge is -1.99. The van der Waals surface area contributed by atoms with Crippen molar-refractivity contribution >= 4 is 21.8 Å². The smallest absolute Gasteiger partial charge is 0.209 e. The number of hydrogen-bond acceptors (Lipinski definition) is 3. The molecule has 72 valence electrons. The van der Waals surface area contributed by atoms with E-state index in [1.54, 1.807) is 0 Å². The predicted molar refractivity (Wildman–Crippen MR) is 55.1 cm³/mol. The molecule has 0 saturated heterocycles. The fourth-order valence-electron chi connectivity index (χ4n) is 0.792. The second-order valence-corrected chi connectivity index (χ2v) is 5.43. The lowest BCUT2D eigenvalue weighted by Crippen LogP contribution is -2.17. The number of benzene rings is 1. The average Bonchev–Trinajstić information content (AvgIpc) is 2.04. The van der Waals surface area contributed by atoms with E-state index in [2.05, 4.69) is 0 Å². The number of hydrogen-bond donors (Lipinski definition) is 1. The molecule has 0 amide bonds. The summed E-state index contributed by atoms with van der Waals surface area (Å²) in [5.41, 5.74) is 0. The van der Waals surface area contributed by atoms with Gasteiger partial charge in [0.05, 0.1) is 5.75 Å². The highest BCUT2D eigenvalue weighted by atomic mass is 32.2. The molecule has 0 fully saturated rings. The van der Waals surface area contributed by atoms with Gasteiger partial charge in [-0.25, -0.2) is 13.6 Å². The van der Waals surface area contributed by atoms with Gasteiger partial charge in [-0.1, -0.05) is 18.2 Å². The van der Waals surface area contributed by atoms with E-state index in [-0.39, 0.29) is 5.75 Å². The molecule has 0 heterocycles. The highest BCUT2D eigenvalue weighted by Gasteiger charge is 2.01. The summed E-state index contributed by atoms with van der Waals surface area (Å²) in [6, 6.07) is 9.63. The van der Waals surface area contributed by atoms with E-state index >= 15 is 0 Å². The summed E-state index contributed by atoms with van der Waals surface area (Å²) in [7, 11) is -3.32. The van der Waals surface area contributed by atoms with Crippen LogP contribution >= 0.6 is 11.8 Å². The van der Waals surface area contributed by atoms with Gasteiger partial charge in [-0.05, 0) is 12.1 Å². The molecule has 0 aliphatic carbocycles. The fourth-order valence-corrected chi connectivity index (χ4v) is 2.64. The third-order valence-corrected chi connectivity index (χ3v) is 3.43. The van der Waals surface area contributed by atoms with Gasteiger partial charge in [-0.15, -0.1) is 11.8 Å². The zero-order valence-corrected chi connectivity index (χ0v) is 8.64. The first kappa shape index (κ1) is 10.6. The predicted octanol–water partition coefficient (Wildman–Crippen LogP) is 1.07. The topological polar surface area (TPSA) is 60.2 Å². The van der Waals surface area contributed by atoms with Crippen LogP contribution in [0.2, 0.25) is 0 Å². The summed E-state index contributed by atoms with van der Waals surface area (Å²) in [6.07, 6.45) is 0. The molecular formula is C8H11NO2S2. The molecule has 5 heteroatoms. The van der Waals surface area contributed by atoms with E-state index in [4.69, 9.17) is 5.14 Å². The van der Waals surface area contributed by atoms with Gasteiger partial charge in [0.15, 0.2) is 0 Å². The maximum atomic E-state index is 10.6. The summed E-state index contributed by atoms with van der Waals surface area (Å²) in [4.78, 5) is 1.06. The van der Waals surface area contributed by atoms with Gasteiger partial charge >= 0.3 is 0 Å². The maximum absolute atomic E-state index is 10.6. The van der Waals surface area contributed by atoms with Crippen LogP contribution in [0, 0.1) is 0 Å². The molecular weight excluding hydrogens is 206 g/mol. The number of nitrogens with two attached hydrogens (primary N) is 1. The summed E-state index contributed by atoms with van der Waals surface area (Å²) in [5, 5.41) is 4.86. The van der Waals surface area contributed by atoms with Crippen LogP contribution in [0.15, 0.2) is 35.2 Å². The van der Waals surface area contributed by atoms with E-state index in [1.807, 2.05) is 30.3 Å². The third-order valence-electron chi connectivity index (χ3n) is 1.38. The van der Waals surface area contributed by atoms with Crippen LogP contribution in [0.25, 0.3) is 0 Å². The molecule has 0 aliphatic rings. The largest absolute Gasteiger partial charge is 0.229 e. The van der Waals surface area contributed by atoms with Crippen LogP contribution in [-0.4, -0.2) is 19.9 Å². The highest BCUT2D eigenvalue weighted by molar-refractivity contribution is 8.00. The lowest BCUT2D eigenvalue weighted by molar-refractivity contribution is 0.599. The van der Waals surface area contributed by atoms with E-state index in [0.29, 0.717) is 5.75 Å². The van der Waals surface area contributed by atoms with Gasteiger partial charge < -0.3 is 0 Å². The molecule has 1 aromatic carbocycles. The molecule has 13 heavy (non-hydrogen) atoms. The van der Waals surface area contributed by atoms with Crippen molar-refractivity contribution in [2.45, 2.75) is 4.90 Å². The Labute approximate surface area is 82.4 Å². The molecule has 1 aromatic rings. The van der Waals surface area contributed by atoms with Crippen molar-refractivity contribution in [2.24, 2.45) is 5.14 Å². The first-order valence-corrected chi connectivity index (χ1v) is 6.46. The molecule has 0 unspecified atom stereocenters. The van der Waals surface area contributed by atoms with Crippen LogP contribution < -0.4 is 5.14 Å². The Balaban J connectivity index is 2.37. The SMILES string of the molecule is NS(=O)(=O)CCSc1ccccc1. The number of rotatable bonds is 4. The highest BCUT2D eigenvalue weighted by Crippen LogP contribution is 2.16. The van der Waals surface area contributed by atoms with Crippen molar-refractivity contribution in [1.29, 1.82) is 0 Å². The summed E-state index contributed by atoms with van der Waals surface area (Å²) >= 11 is 1.49. The van der Waals surface area contributed by atoms with Crippen LogP contribution in [0.1, 0.15) is 0 Å². The first-order chi connectivity index (χ1) is 6.08. The van der Waals surface area contributed by atoms with Crippen LogP contribution in [0.3, 0.4) is 0 Å². The Morgan fingerprint density at radius 2 is 1.85 bits per heavy atom. The summed E-state index contributed by atoms with van der Waals surface area (Å²) in [5.74, 6) is 0.523. The minimum Gasteiger partial charge on any atom is -0.229 e. The molecule has 2 N–H and O–H groups in total. The number of primary sulfonamides is 1. The number of thioether (sulfide) groups is 1. The monoisotopic (exact) mass is 217 g/mol. The van der Waals surface area contributed by atoms with Crippen LogP contribution in [-0.2, 0) is 10.0 Å². The molecule has 1 rings (SSSR count). The standard InChI is InChI=1S/C8H11NO2S2/c9-13(10,11)7-6-12-8-4-2-1-3-5-8/h1-5H,6-7H2,(H2,9,10,11). The molecule has 0 radical (unpaired) electrons. The molecule has 0 aliphatic heterocycles. The van der Waals surface area contributed by atoms with E-state index in [9.17, 15) is 8.42 Å². The molecule has 3 nitrogen and oxygen atoms in total. The van der Waals surface area contributed by atoms with Crippen LogP contribution in [0.4, 0.5) is 0 Å². The van der Waals surface area contributed by atoms with E-state index < -0.39 is 10.0 Å². The zero-order chi connectivity index (χ0) is 9.73. The molecule has 0 aromatic heterocycles. The van der Waals surface area contributed by atoms with Crippen molar-refractivity contribution < 1.29 is 8.42 Å². The first-order valence-electron chi connectivity index (χ1n) is 3.76. The Morgan fingerprint density at radius 1 is 1.23 bits per heavy atom. The minimum absolute atomic E-state index is 0.0204. The molecule has 0 atom stereocenters. The molecule has 0 saturated carbocycles.